The molecule has 7 nitrogen and oxygen atoms in total. The molecule has 1 saturated carbocycles. The third kappa shape index (κ3) is 9.78. The highest BCUT2D eigenvalue weighted by atomic mass is 32.2. The van der Waals surface area contributed by atoms with Gasteiger partial charge in [-0.05, 0) is 26.2 Å². The maximum Gasteiger partial charge on any atom is 0.211 e. The van der Waals surface area contributed by atoms with Gasteiger partial charge >= 0.3 is 0 Å². The summed E-state index contributed by atoms with van der Waals surface area (Å²) in [6.45, 7) is 4.02. The van der Waals surface area contributed by atoms with Gasteiger partial charge in [-0.15, -0.1) is 0 Å². The second-order valence-corrected chi connectivity index (χ2v) is 7.80. The Morgan fingerprint density at radius 1 is 1.13 bits per heavy atom. The summed E-state index contributed by atoms with van der Waals surface area (Å²) in [7, 11) is -1.43. The third-order valence-electron chi connectivity index (χ3n) is 3.86. The average molecular weight is 349 g/mol. The third-order valence-corrected chi connectivity index (χ3v) is 5.27. The molecule has 0 aliphatic heterocycles. The van der Waals surface area contributed by atoms with E-state index in [2.05, 4.69) is 20.3 Å². The van der Waals surface area contributed by atoms with Gasteiger partial charge in [0.05, 0.1) is 11.9 Å². The Morgan fingerprint density at radius 3 is 2.48 bits per heavy atom. The number of hydrogen-bond acceptors (Lipinski definition) is 4. The highest BCUT2D eigenvalue weighted by Gasteiger charge is 2.13. The summed E-state index contributed by atoms with van der Waals surface area (Å²) in [6, 6.07) is 0. The van der Waals surface area contributed by atoms with Crippen LogP contribution in [0.3, 0.4) is 0 Å². The van der Waals surface area contributed by atoms with E-state index < -0.39 is 10.0 Å². The van der Waals surface area contributed by atoms with Crippen LogP contribution in [0.1, 0.15) is 45.4 Å². The second kappa shape index (κ2) is 11.6. The SMILES string of the molecule is CCS(=O)(=O)NCCNC(=NC)NCCCOC1CCCCC1. The molecule has 1 fully saturated rings. The van der Waals surface area contributed by atoms with Crippen molar-refractivity contribution in [3.8, 4) is 0 Å². The van der Waals surface area contributed by atoms with E-state index in [4.69, 9.17) is 4.74 Å². The summed E-state index contributed by atoms with van der Waals surface area (Å²) in [5.74, 6) is 0.777. The number of hydrogen-bond donors (Lipinski definition) is 3. The summed E-state index contributed by atoms with van der Waals surface area (Å²) in [6.07, 6.45) is 7.71. The highest BCUT2D eigenvalue weighted by molar-refractivity contribution is 7.89. The van der Waals surface area contributed by atoms with Crippen molar-refractivity contribution < 1.29 is 13.2 Å². The molecule has 0 atom stereocenters. The summed E-state index contributed by atoms with van der Waals surface area (Å²) < 4.78 is 31.0. The van der Waals surface area contributed by atoms with Crippen LogP contribution in [0, 0.1) is 0 Å². The molecule has 0 bridgehead atoms. The molecule has 1 rings (SSSR count). The molecule has 1 aliphatic carbocycles. The first-order valence-electron chi connectivity index (χ1n) is 8.61. The zero-order valence-electron chi connectivity index (χ0n) is 14.4. The molecular weight excluding hydrogens is 316 g/mol. The van der Waals surface area contributed by atoms with E-state index >= 15 is 0 Å². The fourth-order valence-electron chi connectivity index (χ4n) is 2.47. The predicted molar refractivity (Wildman–Crippen MR) is 94.3 cm³/mol. The van der Waals surface area contributed by atoms with Crippen LogP contribution in [0.2, 0.25) is 0 Å². The number of nitrogens with zero attached hydrogens (tertiary/aromatic N) is 1. The van der Waals surface area contributed by atoms with Crippen molar-refractivity contribution in [1.29, 1.82) is 0 Å². The Morgan fingerprint density at radius 2 is 1.83 bits per heavy atom. The van der Waals surface area contributed by atoms with E-state index in [1.807, 2.05) is 0 Å². The van der Waals surface area contributed by atoms with Crippen LogP contribution < -0.4 is 15.4 Å². The Labute approximate surface area is 140 Å². The number of guanidine groups is 1. The van der Waals surface area contributed by atoms with Gasteiger partial charge in [-0.3, -0.25) is 4.99 Å². The van der Waals surface area contributed by atoms with Crippen molar-refractivity contribution in [3.63, 3.8) is 0 Å². The summed E-state index contributed by atoms with van der Waals surface area (Å²) >= 11 is 0. The molecule has 0 radical (unpaired) electrons. The molecule has 23 heavy (non-hydrogen) atoms. The van der Waals surface area contributed by atoms with Crippen molar-refractivity contribution in [2.24, 2.45) is 4.99 Å². The molecule has 0 amide bonds. The van der Waals surface area contributed by atoms with E-state index in [9.17, 15) is 8.42 Å². The van der Waals surface area contributed by atoms with E-state index in [1.54, 1.807) is 14.0 Å². The van der Waals surface area contributed by atoms with Gasteiger partial charge in [-0.1, -0.05) is 19.3 Å². The van der Waals surface area contributed by atoms with Gasteiger partial charge in [-0.25, -0.2) is 13.1 Å². The quantitative estimate of drug-likeness (QED) is 0.309. The standard InChI is InChI=1S/C15H32N4O3S/c1-3-23(20,21)19-12-11-18-15(16-2)17-10-7-13-22-14-8-5-4-6-9-14/h14,19H,3-13H2,1-2H3,(H2,16,17,18). The van der Waals surface area contributed by atoms with Gasteiger partial charge in [0, 0.05) is 33.3 Å². The molecule has 8 heteroatoms. The molecule has 0 aromatic heterocycles. The molecule has 0 spiro atoms. The molecule has 0 aromatic rings. The number of rotatable bonds is 10. The van der Waals surface area contributed by atoms with Crippen LogP contribution in [0.25, 0.3) is 0 Å². The molecule has 0 heterocycles. The fourth-order valence-corrected chi connectivity index (χ4v) is 3.09. The normalized spacial score (nSPS) is 17.2. The first-order valence-corrected chi connectivity index (χ1v) is 10.3. The predicted octanol–water partition coefficient (Wildman–Crippen LogP) is 0.830. The lowest BCUT2D eigenvalue weighted by Crippen LogP contribution is -2.42. The minimum Gasteiger partial charge on any atom is -0.378 e. The van der Waals surface area contributed by atoms with Crippen LogP contribution in [0.15, 0.2) is 4.99 Å². The first kappa shape index (κ1) is 20.2. The van der Waals surface area contributed by atoms with Crippen molar-refractivity contribution in [2.45, 2.75) is 51.6 Å². The van der Waals surface area contributed by atoms with Crippen LogP contribution >= 0.6 is 0 Å². The largest absolute Gasteiger partial charge is 0.378 e. The summed E-state index contributed by atoms with van der Waals surface area (Å²) in [5.41, 5.74) is 0. The smallest absolute Gasteiger partial charge is 0.211 e. The molecular formula is C15H32N4O3S. The molecule has 136 valence electrons. The van der Waals surface area contributed by atoms with Gasteiger partial charge in [0.15, 0.2) is 5.96 Å². The van der Waals surface area contributed by atoms with Gasteiger partial charge < -0.3 is 15.4 Å². The second-order valence-electron chi connectivity index (χ2n) is 5.71. The average Bonchev–Trinajstić information content (AvgIpc) is 2.57. The lowest BCUT2D eigenvalue weighted by atomic mass is 9.98. The lowest BCUT2D eigenvalue weighted by Gasteiger charge is -2.22. The van der Waals surface area contributed by atoms with Crippen LogP contribution in [-0.2, 0) is 14.8 Å². The van der Waals surface area contributed by atoms with Crippen molar-refractivity contribution >= 4 is 16.0 Å². The van der Waals surface area contributed by atoms with Crippen molar-refractivity contribution in [2.75, 3.05) is 39.0 Å². The Balaban J connectivity index is 2.03. The fraction of sp³-hybridized carbons (Fsp3) is 0.933. The van der Waals surface area contributed by atoms with Gasteiger partial charge in [0.1, 0.15) is 0 Å². The van der Waals surface area contributed by atoms with E-state index in [0.717, 1.165) is 19.6 Å². The Bertz CT molecular complexity index is 434. The molecule has 0 unspecified atom stereocenters. The van der Waals surface area contributed by atoms with Crippen molar-refractivity contribution in [1.82, 2.24) is 15.4 Å². The number of nitrogens with one attached hydrogen (secondary N) is 3. The zero-order valence-corrected chi connectivity index (χ0v) is 15.3. The topological polar surface area (TPSA) is 91.8 Å². The minimum absolute atomic E-state index is 0.0982. The summed E-state index contributed by atoms with van der Waals surface area (Å²) in [5, 5.41) is 6.28. The molecule has 1 aliphatic rings. The van der Waals surface area contributed by atoms with E-state index in [-0.39, 0.29) is 5.75 Å². The Hall–Kier alpha value is -0.860. The number of sulfonamides is 1. The number of aliphatic imine (C=N–C) groups is 1. The summed E-state index contributed by atoms with van der Waals surface area (Å²) in [4.78, 5) is 4.11. The minimum atomic E-state index is -3.13. The molecule has 0 aromatic carbocycles. The maximum absolute atomic E-state index is 11.3. The first-order chi connectivity index (χ1) is 11.1. The van der Waals surface area contributed by atoms with E-state index in [0.29, 0.717) is 25.2 Å². The zero-order chi connectivity index (χ0) is 17.0. The highest BCUT2D eigenvalue weighted by Crippen LogP contribution is 2.20. The van der Waals surface area contributed by atoms with Gasteiger partial charge in [0.25, 0.3) is 0 Å². The lowest BCUT2D eigenvalue weighted by molar-refractivity contribution is 0.0277. The van der Waals surface area contributed by atoms with Gasteiger partial charge in [0.2, 0.25) is 10.0 Å². The van der Waals surface area contributed by atoms with Crippen LogP contribution in [0.4, 0.5) is 0 Å². The van der Waals surface area contributed by atoms with Gasteiger partial charge in [-0.2, -0.15) is 0 Å². The molecule has 0 saturated heterocycles. The van der Waals surface area contributed by atoms with E-state index in [1.165, 1.54) is 32.1 Å². The number of ether oxygens (including phenoxy) is 1. The Kier molecular flexibility index (Phi) is 10.2. The maximum atomic E-state index is 11.3. The van der Waals surface area contributed by atoms with Crippen LogP contribution in [-0.4, -0.2) is 59.5 Å². The molecule has 3 N–H and O–H groups in total. The van der Waals surface area contributed by atoms with Crippen molar-refractivity contribution in [3.05, 3.63) is 0 Å². The van der Waals surface area contributed by atoms with Crippen LogP contribution in [0.5, 0.6) is 0 Å². The monoisotopic (exact) mass is 348 g/mol.